The van der Waals surface area contributed by atoms with Gasteiger partial charge in [0.25, 0.3) is 0 Å². The van der Waals surface area contributed by atoms with Crippen molar-refractivity contribution < 1.29 is 4.79 Å². The lowest BCUT2D eigenvalue weighted by Crippen LogP contribution is -2.50. The monoisotopic (exact) mass is 325 g/mol. The number of para-hydroxylation sites is 1. The zero-order valence-electron chi connectivity index (χ0n) is 14.8. The van der Waals surface area contributed by atoms with Crippen molar-refractivity contribution >= 4 is 16.9 Å². The highest BCUT2D eigenvalue weighted by molar-refractivity contribution is 5.96. The zero-order valence-corrected chi connectivity index (χ0v) is 14.8. The molecule has 4 heteroatoms. The number of benzene rings is 1. The number of carbonyl (C=O) groups excluding carboxylic acids is 1. The first kappa shape index (κ1) is 15.7. The summed E-state index contributed by atoms with van der Waals surface area (Å²) in [6, 6.07) is 8.93. The highest BCUT2D eigenvalue weighted by atomic mass is 16.2. The summed E-state index contributed by atoms with van der Waals surface area (Å²) in [5.41, 5.74) is 3.77. The molecule has 0 bridgehead atoms. The van der Waals surface area contributed by atoms with Crippen LogP contribution in [0.1, 0.15) is 50.4 Å². The number of nitrogens with zero attached hydrogens (tertiary/aromatic N) is 3. The number of rotatable bonds is 5. The molecule has 1 aromatic heterocycles. The van der Waals surface area contributed by atoms with Crippen molar-refractivity contribution in [3.05, 3.63) is 35.5 Å². The van der Waals surface area contributed by atoms with Crippen molar-refractivity contribution in [1.82, 2.24) is 14.4 Å². The van der Waals surface area contributed by atoms with E-state index in [1.807, 2.05) is 15.5 Å². The maximum absolute atomic E-state index is 13.0. The van der Waals surface area contributed by atoms with Crippen LogP contribution in [0.15, 0.2) is 24.3 Å². The van der Waals surface area contributed by atoms with Gasteiger partial charge in [-0.1, -0.05) is 38.0 Å². The summed E-state index contributed by atoms with van der Waals surface area (Å²) in [6.07, 6.45) is 4.85. The van der Waals surface area contributed by atoms with Gasteiger partial charge in [-0.15, -0.1) is 0 Å². The lowest BCUT2D eigenvalue weighted by molar-refractivity contribution is 0.115. The van der Waals surface area contributed by atoms with Crippen LogP contribution >= 0.6 is 0 Å². The molecule has 0 aliphatic carbocycles. The van der Waals surface area contributed by atoms with Gasteiger partial charge in [0.15, 0.2) is 0 Å². The molecule has 2 aliphatic heterocycles. The third kappa shape index (κ3) is 2.27. The average molecular weight is 325 g/mol. The summed E-state index contributed by atoms with van der Waals surface area (Å²) in [7, 11) is 0. The summed E-state index contributed by atoms with van der Waals surface area (Å²) in [5, 5.41) is 1.28. The van der Waals surface area contributed by atoms with Gasteiger partial charge in [-0.2, -0.15) is 0 Å². The van der Waals surface area contributed by atoms with Crippen LogP contribution in [0.2, 0.25) is 0 Å². The fourth-order valence-electron chi connectivity index (χ4n) is 4.46. The summed E-state index contributed by atoms with van der Waals surface area (Å²) < 4.78 is 2.01. The SMILES string of the molecule is CCCCCN1CCc2c3n(c4ccccc24)C(=O)N(CC)CC31. The number of fused-ring (bicyclic) bond motifs is 3. The molecule has 0 radical (unpaired) electrons. The van der Waals surface area contributed by atoms with E-state index in [9.17, 15) is 4.79 Å². The summed E-state index contributed by atoms with van der Waals surface area (Å²) in [5.74, 6) is 0. The van der Waals surface area contributed by atoms with Gasteiger partial charge in [0, 0.05) is 25.0 Å². The van der Waals surface area contributed by atoms with E-state index in [1.54, 1.807) is 0 Å². The molecule has 4 nitrogen and oxygen atoms in total. The largest absolute Gasteiger partial charge is 0.328 e. The van der Waals surface area contributed by atoms with Crippen LogP contribution in [0.3, 0.4) is 0 Å². The predicted octanol–water partition coefficient (Wildman–Crippen LogP) is 4.03. The van der Waals surface area contributed by atoms with Crippen molar-refractivity contribution in [3.8, 4) is 0 Å². The third-order valence-electron chi connectivity index (χ3n) is 5.71. The molecule has 24 heavy (non-hydrogen) atoms. The Morgan fingerprint density at radius 3 is 2.79 bits per heavy atom. The topological polar surface area (TPSA) is 28.5 Å². The van der Waals surface area contributed by atoms with Crippen LogP contribution < -0.4 is 0 Å². The number of unbranched alkanes of at least 4 members (excludes halogenated alkanes) is 2. The molecule has 128 valence electrons. The first-order valence-electron chi connectivity index (χ1n) is 9.41. The molecule has 1 unspecified atom stereocenters. The first-order valence-corrected chi connectivity index (χ1v) is 9.41. The number of likely N-dealkylation sites (N-methyl/N-ethyl adjacent to an activating group) is 1. The number of hydrogen-bond acceptors (Lipinski definition) is 2. The predicted molar refractivity (Wildman–Crippen MR) is 97.5 cm³/mol. The quantitative estimate of drug-likeness (QED) is 0.776. The van der Waals surface area contributed by atoms with Gasteiger partial charge in [0.2, 0.25) is 0 Å². The van der Waals surface area contributed by atoms with Gasteiger partial charge in [-0.3, -0.25) is 9.47 Å². The van der Waals surface area contributed by atoms with E-state index in [2.05, 4.69) is 36.9 Å². The molecule has 2 aliphatic rings. The minimum atomic E-state index is 0.154. The van der Waals surface area contributed by atoms with E-state index in [-0.39, 0.29) is 6.03 Å². The standard InChI is InChI=1S/C20H27N3O/c1-3-5-8-12-22-13-11-16-15-9-6-7-10-17(15)23-19(16)18(22)14-21(4-2)20(23)24/h6-7,9-10,18H,3-5,8,11-14H2,1-2H3. The highest BCUT2D eigenvalue weighted by Crippen LogP contribution is 2.40. The van der Waals surface area contributed by atoms with Crippen molar-refractivity contribution in [2.45, 2.75) is 45.6 Å². The maximum atomic E-state index is 13.0. The lowest BCUT2D eigenvalue weighted by Gasteiger charge is -2.42. The molecular weight excluding hydrogens is 298 g/mol. The van der Waals surface area contributed by atoms with E-state index in [0.717, 1.165) is 38.1 Å². The maximum Gasteiger partial charge on any atom is 0.328 e. The Bertz CT molecular complexity index is 764. The normalized spacial score (nSPS) is 20.7. The molecular formula is C20H27N3O. The molecule has 3 heterocycles. The van der Waals surface area contributed by atoms with Gasteiger partial charge in [-0.05, 0) is 37.9 Å². The second-order valence-electron chi connectivity index (χ2n) is 7.05. The Labute approximate surface area is 144 Å². The minimum Gasteiger partial charge on any atom is -0.322 e. The third-order valence-corrected chi connectivity index (χ3v) is 5.71. The molecule has 0 fully saturated rings. The van der Waals surface area contributed by atoms with Crippen LogP contribution in [-0.4, -0.2) is 46.6 Å². The van der Waals surface area contributed by atoms with Crippen molar-refractivity contribution in [2.24, 2.45) is 0 Å². The van der Waals surface area contributed by atoms with Crippen LogP contribution in [0, 0.1) is 0 Å². The number of carbonyl (C=O) groups is 1. The van der Waals surface area contributed by atoms with Gasteiger partial charge in [0.1, 0.15) is 0 Å². The van der Waals surface area contributed by atoms with E-state index >= 15 is 0 Å². The van der Waals surface area contributed by atoms with Crippen molar-refractivity contribution in [1.29, 1.82) is 0 Å². The molecule has 1 amide bonds. The van der Waals surface area contributed by atoms with Crippen LogP contribution in [-0.2, 0) is 6.42 Å². The number of amides is 1. The Balaban J connectivity index is 1.81. The molecule has 1 aromatic carbocycles. The van der Waals surface area contributed by atoms with Gasteiger partial charge in [-0.25, -0.2) is 4.79 Å². The molecule has 0 N–H and O–H groups in total. The van der Waals surface area contributed by atoms with Crippen LogP contribution in [0.25, 0.3) is 10.9 Å². The van der Waals surface area contributed by atoms with Gasteiger partial charge >= 0.3 is 6.03 Å². The number of aromatic nitrogens is 1. The fourth-order valence-corrected chi connectivity index (χ4v) is 4.46. The van der Waals surface area contributed by atoms with Gasteiger partial charge < -0.3 is 4.90 Å². The Kier molecular flexibility index (Phi) is 4.09. The second-order valence-corrected chi connectivity index (χ2v) is 7.05. The minimum absolute atomic E-state index is 0.154. The van der Waals surface area contributed by atoms with Crippen LogP contribution in [0.4, 0.5) is 4.79 Å². The van der Waals surface area contributed by atoms with Crippen LogP contribution in [0.5, 0.6) is 0 Å². The first-order chi connectivity index (χ1) is 11.8. The van der Waals surface area contributed by atoms with Crippen molar-refractivity contribution in [3.63, 3.8) is 0 Å². The molecule has 0 saturated heterocycles. The zero-order chi connectivity index (χ0) is 16.7. The molecule has 0 saturated carbocycles. The Morgan fingerprint density at radius 2 is 2.00 bits per heavy atom. The van der Waals surface area contributed by atoms with E-state index in [1.165, 1.54) is 35.9 Å². The summed E-state index contributed by atoms with van der Waals surface area (Å²) in [4.78, 5) is 17.6. The van der Waals surface area contributed by atoms with E-state index < -0.39 is 0 Å². The second kappa shape index (κ2) is 6.25. The molecule has 2 aromatic rings. The molecule has 4 rings (SSSR count). The van der Waals surface area contributed by atoms with E-state index in [0.29, 0.717) is 6.04 Å². The highest BCUT2D eigenvalue weighted by Gasteiger charge is 2.40. The van der Waals surface area contributed by atoms with E-state index in [4.69, 9.17) is 0 Å². The fraction of sp³-hybridized carbons (Fsp3) is 0.550. The smallest absolute Gasteiger partial charge is 0.322 e. The molecule has 1 atom stereocenters. The Morgan fingerprint density at radius 1 is 1.17 bits per heavy atom. The van der Waals surface area contributed by atoms with Crippen molar-refractivity contribution in [2.75, 3.05) is 26.2 Å². The average Bonchev–Trinajstić information content (AvgIpc) is 2.95. The number of hydrogen-bond donors (Lipinski definition) is 0. The summed E-state index contributed by atoms with van der Waals surface area (Å²) in [6.45, 7) is 8.21. The lowest BCUT2D eigenvalue weighted by atomic mass is 9.95. The Hall–Kier alpha value is -1.81. The summed E-state index contributed by atoms with van der Waals surface area (Å²) >= 11 is 0. The molecule has 0 spiro atoms. The van der Waals surface area contributed by atoms with Gasteiger partial charge in [0.05, 0.1) is 17.3 Å².